The van der Waals surface area contributed by atoms with Crippen molar-refractivity contribution in [3.63, 3.8) is 0 Å². The first kappa shape index (κ1) is 22.8. The Morgan fingerprint density at radius 2 is 1.25 bits per heavy atom. The molecule has 0 bridgehead atoms. The molecule has 0 aromatic carbocycles. The van der Waals surface area contributed by atoms with Crippen molar-refractivity contribution >= 4 is 11.8 Å². The molecule has 0 aromatic rings. The van der Waals surface area contributed by atoms with Crippen LogP contribution in [-0.2, 0) is 28.5 Å². The molecular formula is C16H32N2O6. The molecule has 0 spiro atoms. The Morgan fingerprint density at radius 1 is 0.792 bits per heavy atom. The van der Waals surface area contributed by atoms with E-state index in [4.69, 9.17) is 18.9 Å². The normalized spacial score (nSPS) is 10.8. The number of carbonyl (C=O) groups is 2. The predicted molar refractivity (Wildman–Crippen MR) is 89.9 cm³/mol. The zero-order valence-electron chi connectivity index (χ0n) is 15.1. The number of amides is 2. The summed E-state index contributed by atoms with van der Waals surface area (Å²) in [5, 5.41) is 5.42. The Hall–Kier alpha value is -1.22. The quantitative estimate of drug-likeness (QED) is 0.384. The highest BCUT2D eigenvalue weighted by Crippen LogP contribution is 1.86. The Bertz CT molecular complexity index is 326. The van der Waals surface area contributed by atoms with E-state index in [2.05, 4.69) is 10.6 Å². The predicted octanol–water partition coefficient (Wildman–Crippen LogP) is 0.104. The summed E-state index contributed by atoms with van der Waals surface area (Å²) in [5.74, 6) is -0.119. The smallest absolute Gasteiger partial charge is 0.246 e. The number of rotatable bonds is 16. The largest absolute Gasteiger partial charge is 0.377 e. The molecule has 2 N–H and O–H groups in total. The van der Waals surface area contributed by atoms with Crippen LogP contribution >= 0.6 is 0 Å². The molecule has 0 aliphatic carbocycles. The van der Waals surface area contributed by atoms with E-state index in [9.17, 15) is 9.59 Å². The first-order valence-electron chi connectivity index (χ1n) is 8.44. The zero-order chi connectivity index (χ0) is 18.0. The first-order valence-corrected chi connectivity index (χ1v) is 8.44. The number of carbonyl (C=O) groups excluding carboxylic acids is 2. The minimum absolute atomic E-state index is 0.0237. The van der Waals surface area contributed by atoms with Crippen molar-refractivity contribution in [1.82, 2.24) is 10.6 Å². The van der Waals surface area contributed by atoms with Gasteiger partial charge in [0, 0.05) is 19.5 Å². The van der Waals surface area contributed by atoms with Gasteiger partial charge >= 0.3 is 0 Å². The number of hydrogen-bond donors (Lipinski definition) is 2. The summed E-state index contributed by atoms with van der Waals surface area (Å²) in [6.07, 6.45) is 0.529. The Kier molecular flexibility index (Phi) is 15.8. The van der Waals surface area contributed by atoms with E-state index < -0.39 is 0 Å². The maximum Gasteiger partial charge on any atom is 0.246 e. The second kappa shape index (κ2) is 16.6. The van der Waals surface area contributed by atoms with Crippen molar-refractivity contribution in [3.8, 4) is 0 Å². The average Bonchev–Trinajstić information content (AvgIpc) is 2.56. The maximum absolute atomic E-state index is 11.3. The highest BCUT2D eigenvalue weighted by atomic mass is 16.5. The Labute approximate surface area is 144 Å². The van der Waals surface area contributed by atoms with Crippen molar-refractivity contribution < 1.29 is 28.5 Å². The van der Waals surface area contributed by atoms with Crippen LogP contribution in [0.25, 0.3) is 0 Å². The van der Waals surface area contributed by atoms with Crippen LogP contribution in [0.4, 0.5) is 0 Å². The van der Waals surface area contributed by atoms with Crippen molar-refractivity contribution in [3.05, 3.63) is 0 Å². The van der Waals surface area contributed by atoms with E-state index in [-0.39, 0.29) is 24.5 Å². The van der Waals surface area contributed by atoms with Gasteiger partial charge in [0.1, 0.15) is 6.61 Å². The molecule has 24 heavy (non-hydrogen) atoms. The van der Waals surface area contributed by atoms with Crippen molar-refractivity contribution in [2.24, 2.45) is 0 Å². The lowest BCUT2D eigenvalue weighted by atomic mass is 10.4. The van der Waals surface area contributed by atoms with E-state index in [1.54, 1.807) is 6.92 Å². The number of ether oxygens (including phenoxy) is 4. The van der Waals surface area contributed by atoms with Gasteiger partial charge in [-0.2, -0.15) is 0 Å². The van der Waals surface area contributed by atoms with Gasteiger partial charge in [0.2, 0.25) is 11.8 Å². The standard InChI is InChI=1S/C16H32N2O6/c1-4-15(19)17-5-7-21-9-11-23-12-10-22-8-6-18-16(20)13-24-14(2)3/h14H,4-13H2,1-3H3,(H,17,19)(H,18,20). The molecule has 8 nitrogen and oxygen atoms in total. The molecule has 0 heterocycles. The van der Waals surface area contributed by atoms with Crippen LogP contribution in [0.2, 0.25) is 0 Å². The van der Waals surface area contributed by atoms with Crippen LogP contribution in [0.5, 0.6) is 0 Å². The van der Waals surface area contributed by atoms with E-state index in [1.165, 1.54) is 0 Å². The molecule has 142 valence electrons. The minimum Gasteiger partial charge on any atom is -0.377 e. The lowest BCUT2D eigenvalue weighted by molar-refractivity contribution is -0.127. The third-order valence-electron chi connectivity index (χ3n) is 2.75. The molecule has 0 unspecified atom stereocenters. The van der Waals surface area contributed by atoms with Gasteiger partial charge in [-0.05, 0) is 13.8 Å². The van der Waals surface area contributed by atoms with Crippen molar-refractivity contribution in [2.75, 3.05) is 59.3 Å². The number of hydrogen-bond acceptors (Lipinski definition) is 6. The monoisotopic (exact) mass is 348 g/mol. The maximum atomic E-state index is 11.3. The molecule has 0 saturated carbocycles. The van der Waals surface area contributed by atoms with E-state index in [0.717, 1.165) is 0 Å². The molecule has 8 heteroatoms. The van der Waals surface area contributed by atoms with Gasteiger partial charge in [-0.15, -0.1) is 0 Å². The van der Waals surface area contributed by atoms with Crippen LogP contribution in [0.15, 0.2) is 0 Å². The molecule has 0 rings (SSSR count). The lowest BCUT2D eigenvalue weighted by Crippen LogP contribution is -2.31. The average molecular weight is 348 g/mol. The van der Waals surface area contributed by atoms with Gasteiger partial charge in [0.25, 0.3) is 0 Å². The van der Waals surface area contributed by atoms with Crippen molar-refractivity contribution in [2.45, 2.75) is 33.3 Å². The van der Waals surface area contributed by atoms with Gasteiger partial charge in [-0.1, -0.05) is 6.92 Å². The number of nitrogens with one attached hydrogen (secondary N) is 2. The highest BCUT2D eigenvalue weighted by Gasteiger charge is 2.02. The van der Waals surface area contributed by atoms with E-state index in [0.29, 0.717) is 59.2 Å². The molecule has 0 fully saturated rings. The molecular weight excluding hydrogens is 316 g/mol. The summed E-state index contributed by atoms with van der Waals surface area (Å²) < 4.78 is 21.1. The fraction of sp³-hybridized carbons (Fsp3) is 0.875. The van der Waals surface area contributed by atoms with Gasteiger partial charge in [-0.25, -0.2) is 0 Å². The van der Waals surface area contributed by atoms with Gasteiger partial charge in [-0.3, -0.25) is 9.59 Å². The van der Waals surface area contributed by atoms with Gasteiger partial charge < -0.3 is 29.6 Å². The van der Waals surface area contributed by atoms with E-state index >= 15 is 0 Å². The first-order chi connectivity index (χ1) is 11.6. The van der Waals surface area contributed by atoms with Crippen molar-refractivity contribution in [1.29, 1.82) is 0 Å². The Morgan fingerprint density at radius 3 is 1.71 bits per heavy atom. The summed E-state index contributed by atoms with van der Waals surface area (Å²) in [4.78, 5) is 22.3. The molecule has 0 aromatic heterocycles. The third kappa shape index (κ3) is 17.1. The van der Waals surface area contributed by atoms with Gasteiger partial charge in [0.05, 0.1) is 45.7 Å². The topological polar surface area (TPSA) is 95.1 Å². The summed E-state index contributed by atoms with van der Waals surface area (Å²) in [7, 11) is 0. The van der Waals surface area contributed by atoms with Crippen LogP contribution in [0.3, 0.4) is 0 Å². The summed E-state index contributed by atoms with van der Waals surface area (Å²) in [6, 6.07) is 0. The highest BCUT2D eigenvalue weighted by molar-refractivity contribution is 5.77. The fourth-order valence-corrected chi connectivity index (χ4v) is 1.49. The summed E-state index contributed by atoms with van der Waals surface area (Å²) in [5.41, 5.74) is 0. The molecule has 2 amide bonds. The molecule has 0 aliphatic heterocycles. The minimum atomic E-state index is -0.143. The molecule has 0 aliphatic rings. The van der Waals surface area contributed by atoms with E-state index in [1.807, 2.05) is 13.8 Å². The molecule has 0 saturated heterocycles. The third-order valence-corrected chi connectivity index (χ3v) is 2.75. The Balaban J connectivity index is 3.15. The second-order valence-corrected chi connectivity index (χ2v) is 5.25. The van der Waals surface area contributed by atoms with Crippen LogP contribution < -0.4 is 10.6 Å². The molecule has 0 radical (unpaired) electrons. The SMILES string of the molecule is CCC(=O)NCCOCCOCCOCCNC(=O)COC(C)C. The van der Waals surface area contributed by atoms with Gasteiger partial charge in [0.15, 0.2) is 0 Å². The fourth-order valence-electron chi connectivity index (χ4n) is 1.49. The van der Waals surface area contributed by atoms with Crippen LogP contribution in [0.1, 0.15) is 27.2 Å². The zero-order valence-corrected chi connectivity index (χ0v) is 15.1. The second-order valence-electron chi connectivity index (χ2n) is 5.25. The van der Waals surface area contributed by atoms with Crippen LogP contribution in [-0.4, -0.2) is 77.3 Å². The molecule has 0 atom stereocenters. The summed E-state index contributed by atoms with van der Waals surface area (Å²) >= 11 is 0. The lowest BCUT2D eigenvalue weighted by Gasteiger charge is -2.09. The summed E-state index contributed by atoms with van der Waals surface area (Å²) in [6.45, 7) is 9.42. The van der Waals surface area contributed by atoms with Crippen LogP contribution in [0, 0.1) is 0 Å².